The molecule has 0 aliphatic heterocycles. The zero-order valence-corrected chi connectivity index (χ0v) is 9.41. The second kappa shape index (κ2) is 4.09. The Labute approximate surface area is 106 Å². The van der Waals surface area contributed by atoms with Crippen molar-refractivity contribution in [3.8, 4) is 11.3 Å². The van der Waals surface area contributed by atoms with E-state index in [2.05, 4.69) is 0 Å². The Hall–Kier alpha value is -1.63. The van der Waals surface area contributed by atoms with Crippen molar-refractivity contribution in [2.24, 2.45) is 7.05 Å². The molecule has 0 saturated heterocycles. The van der Waals surface area contributed by atoms with Crippen molar-refractivity contribution in [3.05, 3.63) is 53.2 Å². The Morgan fingerprint density at radius 1 is 1.06 bits per heavy atom. The van der Waals surface area contributed by atoms with Gasteiger partial charge in [-0.3, -0.25) is 0 Å². The molecule has 0 unspecified atom stereocenters. The molecule has 0 spiro atoms. The summed E-state index contributed by atoms with van der Waals surface area (Å²) in [6.45, 7) is -2.43. The van der Waals surface area contributed by atoms with Crippen molar-refractivity contribution in [1.29, 1.82) is 0 Å². The molecule has 0 fully saturated rings. The highest BCUT2D eigenvalue weighted by atomic mass is 14.9. The summed E-state index contributed by atoms with van der Waals surface area (Å²) in [5.74, 6) is 0. The number of hydrogen-bond acceptors (Lipinski definition) is 0. The zero-order chi connectivity index (χ0) is 16.7. The molecule has 0 saturated carbocycles. The second-order valence-corrected chi connectivity index (χ2v) is 3.94. The highest BCUT2D eigenvalue weighted by Gasteiger charge is 2.11. The third-order valence-electron chi connectivity index (χ3n) is 2.65. The van der Waals surface area contributed by atoms with Gasteiger partial charge in [0.15, 0.2) is 6.20 Å². The van der Waals surface area contributed by atoms with Crippen LogP contribution in [0.1, 0.15) is 24.9 Å². The highest BCUT2D eigenvalue weighted by Crippen LogP contribution is 2.21. The minimum atomic E-state index is -2.17. The lowest BCUT2D eigenvalue weighted by atomic mass is 10.0. The number of nitrogens with zero attached hydrogens (tertiary/aromatic N) is 1. The van der Waals surface area contributed by atoms with Gasteiger partial charge in [-0.1, -0.05) is 17.7 Å². The summed E-state index contributed by atoms with van der Waals surface area (Å²) >= 11 is 0. The molecular formula is C15H18N+. The van der Waals surface area contributed by atoms with Gasteiger partial charge in [0.2, 0.25) is 5.69 Å². The van der Waals surface area contributed by atoms with Crippen LogP contribution in [0.15, 0.2) is 36.5 Å². The first-order valence-corrected chi connectivity index (χ1v) is 5.12. The van der Waals surface area contributed by atoms with E-state index in [0.717, 1.165) is 16.8 Å². The Kier molecular flexibility index (Phi) is 1.44. The molecule has 2 rings (SSSR count). The van der Waals surface area contributed by atoms with Crippen LogP contribution in [-0.4, -0.2) is 0 Å². The maximum Gasteiger partial charge on any atom is 0.212 e. The topological polar surface area (TPSA) is 3.88 Å². The summed E-state index contributed by atoms with van der Waals surface area (Å²) in [5.41, 5.74) is 3.02. The van der Waals surface area contributed by atoms with Crippen molar-refractivity contribution in [2.75, 3.05) is 0 Å². The smallest absolute Gasteiger partial charge is 0.201 e. The van der Waals surface area contributed by atoms with Crippen LogP contribution in [0.4, 0.5) is 0 Å². The van der Waals surface area contributed by atoms with Gasteiger partial charge in [-0.25, -0.2) is 4.57 Å². The number of pyridine rings is 1. The normalized spacial score (nSPS) is 17.6. The van der Waals surface area contributed by atoms with Crippen LogP contribution in [0.5, 0.6) is 0 Å². The van der Waals surface area contributed by atoms with Gasteiger partial charge in [-0.2, -0.15) is 0 Å². The number of rotatable bonds is 1. The molecule has 0 aliphatic rings. The Bertz CT molecular complexity index is 700. The van der Waals surface area contributed by atoms with Crippen LogP contribution in [-0.2, 0) is 7.05 Å². The van der Waals surface area contributed by atoms with Gasteiger partial charge in [-0.15, -0.1) is 0 Å². The molecule has 0 atom stereocenters. The van der Waals surface area contributed by atoms with Gasteiger partial charge < -0.3 is 0 Å². The van der Waals surface area contributed by atoms with Crippen molar-refractivity contribution in [2.45, 2.75) is 20.6 Å². The van der Waals surface area contributed by atoms with Crippen molar-refractivity contribution in [3.63, 3.8) is 0 Å². The fourth-order valence-corrected chi connectivity index (χ4v) is 1.79. The van der Waals surface area contributed by atoms with E-state index in [1.54, 1.807) is 48.1 Å². The first-order chi connectivity index (χ1) is 10.00. The van der Waals surface area contributed by atoms with Crippen LogP contribution in [0, 0.1) is 20.6 Å². The first-order valence-electron chi connectivity index (χ1n) is 8.12. The van der Waals surface area contributed by atoms with Gasteiger partial charge in [0, 0.05) is 25.4 Å². The van der Waals surface area contributed by atoms with Crippen molar-refractivity contribution < 1.29 is 12.8 Å². The molecule has 82 valence electrons. The predicted octanol–water partition coefficient (Wildman–Crippen LogP) is 3.10. The molecule has 1 heteroatoms. The lowest BCUT2D eigenvalue weighted by molar-refractivity contribution is -0.660. The van der Waals surface area contributed by atoms with E-state index in [9.17, 15) is 0 Å². The van der Waals surface area contributed by atoms with Gasteiger partial charge in [0.1, 0.15) is 7.05 Å². The number of aromatic nitrogens is 1. The lowest BCUT2D eigenvalue weighted by Crippen LogP contribution is -2.31. The average Bonchev–Trinajstić information content (AvgIpc) is 2.37. The summed E-state index contributed by atoms with van der Waals surface area (Å²) in [4.78, 5) is 0. The third-order valence-corrected chi connectivity index (χ3v) is 2.65. The third kappa shape index (κ3) is 1.99. The molecule has 0 radical (unpaired) electrons. The van der Waals surface area contributed by atoms with Crippen LogP contribution >= 0.6 is 0 Å². The molecular weight excluding hydrogens is 194 g/mol. The number of hydrogen-bond donors (Lipinski definition) is 0. The predicted molar refractivity (Wildman–Crippen MR) is 67.3 cm³/mol. The van der Waals surface area contributed by atoms with E-state index in [0.29, 0.717) is 0 Å². The van der Waals surface area contributed by atoms with Crippen molar-refractivity contribution >= 4 is 0 Å². The van der Waals surface area contributed by atoms with Crippen LogP contribution in [0.2, 0.25) is 0 Å². The molecule has 1 nitrogen and oxygen atoms in total. The highest BCUT2D eigenvalue weighted by molar-refractivity contribution is 5.61. The SMILES string of the molecule is [2H]C([2H])([2H])c1ccc(C)c(-c2ccc(C([2H])([2H])[2H])c[n+]2C)c1. The summed E-state index contributed by atoms with van der Waals surface area (Å²) in [6, 6.07) is 8.29. The van der Waals surface area contributed by atoms with E-state index < -0.39 is 13.7 Å². The molecule has 1 heterocycles. The first kappa shape index (κ1) is 5.62. The molecule has 0 amide bonds. The van der Waals surface area contributed by atoms with Crippen LogP contribution in [0.25, 0.3) is 11.3 Å². The Morgan fingerprint density at radius 2 is 1.81 bits per heavy atom. The van der Waals surface area contributed by atoms with Gasteiger partial charge >= 0.3 is 0 Å². The Balaban J connectivity index is 2.57. The summed E-state index contributed by atoms with van der Waals surface area (Å²) in [6.07, 6.45) is 1.56. The van der Waals surface area contributed by atoms with E-state index >= 15 is 0 Å². The molecule has 0 aliphatic carbocycles. The molecule has 1 aromatic carbocycles. The summed E-state index contributed by atoms with van der Waals surface area (Å²) in [5, 5.41) is 0. The molecule has 0 N–H and O–H groups in total. The quantitative estimate of drug-likeness (QED) is 0.648. The van der Waals surface area contributed by atoms with E-state index in [1.807, 2.05) is 6.92 Å². The average molecular weight is 218 g/mol. The largest absolute Gasteiger partial charge is 0.212 e. The van der Waals surface area contributed by atoms with E-state index in [-0.39, 0.29) is 11.1 Å². The Morgan fingerprint density at radius 3 is 2.50 bits per heavy atom. The summed E-state index contributed by atoms with van der Waals surface area (Å²) in [7, 11) is 1.76. The van der Waals surface area contributed by atoms with Crippen molar-refractivity contribution in [1.82, 2.24) is 0 Å². The second-order valence-electron chi connectivity index (χ2n) is 3.94. The van der Waals surface area contributed by atoms with Crippen LogP contribution in [0.3, 0.4) is 0 Å². The number of benzene rings is 1. The fourth-order valence-electron chi connectivity index (χ4n) is 1.79. The summed E-state index contributed by atoms with van der Waals surface area (Å²) < 4.78 is 46.6. The minimum Gasteiger partial charge on any atom is -0.201 e. The van der Waals surface area contributed by atoms with Gasteiger partial charge in [-0.05, 0) is 38.3 Å². The van der Waals surface area contributed by atoms with Gasteiger partial charge in [0.25, 0.3) is 0 Å². The monoisotopic (exact) mass is 218 g/mol. The maximum atomic E-state index is 7.52. The molecule has 2 aromatic rings. The fraction of sp³-hybridized carbons (Fsp3) is 0.267. The molecule has 16 heavy (non-hydrogen) atoms. The number of aryl methyl sites for hydroxylation is 4. The molecule has 1 aromatic heterocycles. The maximum absolute atomic E-state index is 7.52. The van der Waals surface area contributed by atoms with Gasteiger partial charge in [0.05, 0.1) is 0 Å². The molecule has 0 bridgehead atoms. The lowest BCUT2D eigenvalue weighted by Gasteiger charge is -2.05. The van der Waals surface area contributed by atoms with Crippen LogP contribution < -0.4 is 4.57 Å². The van der Waals surface area contributed by atoms with E-state index in [4.69, 9.17) is 8.22 Å². The zero-order valence-electron chi connectivity index (χ0n) is 15.4. The standard InChI is InChI=1S/C15H18N/c1-11-5-7-13(3)14(9-11)15-8-6-12(2)10-16(15)4/h5-10H,1-4H3/q+1/i1D3,2D3. The van der Waals surface area contributed by atoms with E-state index in [1.165, 1.54) is 0 Å². The minimum absolute atomic E-state index is 0.253.